The zero-order chi connectivity index (χ0) is 19.2. The molecular weight excluding hydrogens is 324 g/mol. The molecular formula is C27H44. The average Bonchev–Trinajstić information content (AvgIpc) is 2.98. The maximum Gasteiger partial charge on any atom is -0.00478 e. The van der Waals surface area contributed by atoms with Crippen LogP contribution in [0.2, 0.25) is 0 Å². The van der Waals surface area contributed by atoms with Crippen LogP contribution in [0, 0.1) is 46.3 Å². The molecule has 0 aromatic heterocycles. The Balaban J connectivity index is 1.49. The van der Waals surface area contributed by atoms with Gasteiger partial charge in [0.05, 0.1) is 0 Å². The quantitative estimate of drug-likeness (QED) is 0.429. The van der Waals surface area contributed by atoms with Crippen LogP contribution in [-0.2, 0) is 0 Å². The minimum absolute atomic E-state index is 0.486. The average molecular weight is 369 g/mol. The number of allylic oxidation sites excluding steroid dienone is 4. The van der Waals surface area contributed by atoms with Gasteiger partial charge in [-0.1, -0.05) is 77.7 Å². The molecule has 0 bridgehead atoms. The van der Waals surface area contributed by atoms with Crippen molar-refractivity contribution in [2.75, 3.05) is 0 Å². The molecule has 0 heterocycles. The summed E-state index contributed by atoms with van der Waals surface area (Å²) >= 11 is 0. The van der Waals surface area contributed by atoms with Gasteiger partial charge in [0.25, 0.3) is 0 Å². The Morgan fingerprint density at radius 2 is 1.81 bits per heavy atom. The first-order chi connectivity index (χ1) is 12.9. The van der Waals surface area contributed by atoms with Crippen molar-refractivity contribution in [2.45, 2.75) is 98.8 Å². The van der Waals surface area contributed by atoms with Crippen molar-refractivity contribution in [3.8, 4) is 0 Å². The third kappa shape index (κ3) is 3.28. The molecule has 0 saturated heterocycles. The molecule has 0 heteroatoms. The molecule has 4 aliphatic carbocycles. The Hall–Kier alpha value is -0.520. The maximum atomic E-state index is 2.72. The normalized spacial score (nSPS) is 44.4. The number of fused-ring (bicyclic) bond motifs is 5. The summed E-state index contributed by atoms with van der Waals surface area (Å²) in [6, 6.07) is 0. The van der Waals surface area contributed by atoms with Gasteiger partial charge in [-0.15, -0.1) is 0 Å². The SMILES string of the molecule is CC(C)CCC[C@@H](C)[C@H]1CC[C@H]2[C@@H]3CC=C4CC=CC[C@]4(C)[C@H]3CC[C@]12C. The molecule has 0 aromatic carbocycles. The van der Waals surface area contributed by atoms with Crippen molar-refractivity contribution in [2.24, 2.45) is 46.3 Å². The first-order valence-corrected chi connectivity index (χ1v) is 12.2. The zero-order valence-electron chi connectivity index (χ0n) is 18.8. The predicted octanol–water partition coefficient (Wildman–Crippen LogP) is 8.19. The summed E-state index contributed by atoms with van der Waals surface area (Å²) in [6.07, 6.45) is 21.9. The summed E-state index contributed by atoms with van der Waals surface area (Å²) in [4.78, 5) is 0. The Labute approximate surface area is 169 Å². The van der Waals surface area contributed by atoms with Crippen LogP contribution in [0.1, 0.15) is 98.8 Å². The van der Waals surface area contributed by atoms with Crippen LogP contribution < -0.4 is 0 Å². The van der Waals surface area contributed by atoms with Crippen LogP contribution in [-0.4, -0.2) is 0 Å². The highest BCUT2D eigenvalue weighted by Gasteiger charge is 2.58. The van der Waals surface area contributed by atoms with Crippen molar-refractivity contribution in [1.82, 2.24) is 0 Å². The molecule has 0 N–H and O–H groups in total. The number of rotatable bonds is 5. The van der Waals surface area contributed by atoms with Gasteiger partial charge in [0.1, 0.15) is 0 Å². The molecule has 0 aromatic rings. The molecule has 2 saturated carbocycles. The van der Waals surface area contributed by atoms with Gasteiger partial charge in [0, 0.05) is 0 Å². The van der Waals surface area contributed by atoms with E-state index in [1.165, 1.54) is 64.2 Å². The number of hydrogen-bond acceptors (Lipinski definition) is 0. The summed E-state index contributed by atoms with van der Waals surface area (Å²) in [5, 5.41) is 0. The van der Waals surface area contributed by atoms with Crippen molar-refractivity contribution >= 4 is 0 Å². The van der Waals surface area contributed by atoms with Gasteiger partial charge in [0.15, 0.2) is 0 Å². The highest BCUT2D eigenvalue weighted by molar-refractivity contribution is 5.28. The van der Waals surface area contributed by atoms with E-state index in [0.717, 1.165) is 35.5 Å². The minimum atomic E-state index is 0.486. The lowest BCUT2D eigenvalue weighted by Gasteiger charge is -2.57. The number of hydrogen-bond donors (Lipinski definition) is 0. The van der Waals surface area contributed by atoms with Crippen LogP contribution in [0.5, 0.6) is 0 Å². The van der Waals surface area contributed by atoms with Gasteiger partial charge in [-0.05, 0) is 91.3 Å². The maximum absolute atomic E-state index is 2.72. The molecule has 0 aliphatic heterocycles. The summed E-state index contributed by atoms with van der Waals surface area (Å²) in [6.45, 7) is 12.7. The summed E-state index contributed by atoms with van der Waals surface area (Å²) in [7, 11) is 0. The molecule has 27 heavy (non-hydrogen) atoms. The molecule has 0 amide bonds. The summed E-state index contributed by atoms with van der Waals surface area (Å²) < 4.78 is 0. The highest BCUT2D eigenvalue weighted by atomic mass is 14.6. The standard InChI is InChI=1S/C27H44/c1-19(2)9-8-10-20(3)23-14-15-24-22-13-12-21-11-6-7-17-26(21,4)25(22)16-18-27(23,24)5/h6-7,12,19-20,22-25H,8-11,13-18H2,1-5H3/t20-,22+,23-,24+,25+,26+,27-/m1/s1. The van der Waals surface area contributed by atoms with Crippen LogP contribution in [0.4, 0.5) is 0 Å². The second kappa shape index (κ2) is 7.38. The lowest BCUT2D eigenvalue weighted by atomic mass is 9.47. The smallest absolute Gasteiger partial charge is 0.00478 e. The third-order valence-corrected chi connectivity index (χ3v) is 9.87. The van der Waals surface area contributed by atoms with E-state index in [-0.39, 0.29) is 0 Å². The largest absolute Gasteiger partial charge is 0.0873 e. The van der Waals surface area contributed by atoms with Gasteiger partial charge in [-0.25, -0.2) is 0 Å². The second-order valence-corrected chi connectivity index (χ2v) is 11.7. The third-order valence-electron chi connectivity index (χ3n) is 9.87. The lowest BCUT2D eigenvalue weighted by molar-refractivity contribution is -0.0441. The van der Waals surface area contributed by atoms with Crippen LogP contribution in [0.15, 0.2) is 23.8 Å². The van der Waals surface area contributed by atoms with Crippen molar-refractivity contribution in [3.63, 3.8) is 0 Å². The van der Waals surface area contributed by atoms with Crippen molar-refractivity contribution in [3.05, 3.63) is 23.8 Å². The summed E-state index contributed by atoms with van der Waals surface area (Å²) in [5.41, 5.74) is 2.90. The molecule has 4 rings (SSSR count). The molecule has 152 valence electrons. The Bertz CT molecular complexity index is 595. The van der Waals surface area contributed by atoms with E-state index in [0.29, 0.717) is 10.8 Å². The van der Waals surface area contributed by atoms with E-state index >= 15 is 0 Å². The van der Waals surface area contributed by atoms with Gasteiger partial charge in [-0.2, -0.15) is 0 Å². The van der Waals surface area contributed by atoms with E-state index in [2.05, 4.69) is 52.8 Å². The molecule has 0 spiro atoms. The zero-order valence-corrected chi connectivity index (χ0v) is 18.8. The van der Waals surface area contributed by atoms with Gasteiger partial charge in [-0.3, -0.25) is 0 Å². The van der Waals surface area contributed by atoms with Crippen LogP contribution in [0.3, 0.4) is 0 Å². The highest BCUT2D eigenvalue weighted by Crippen LogP contribution is 2.66. The van der Waals surface area contributed by atoms with E-state index in [1.807, 2.05) is 0 Å². The van der Waals surface area contributed by atoms with Crippen LogP contribution in [0.25, 0.3) is 0 Å². The fourth-order valence-corrected chi connectivity index (χ4v) is 8.32. The topological polar surface area (TPSA) is 0 Å². The fourth-order valence-electron chi connectivity index (χ4n) is 8.32. The molecule has 7 atom stereocenters. The monoisotopic (exact) mass is 368 g/mol. The van der Waals surface area contributed by atoms with E-state index in [4.69, 9.17) is 0 Å². The Morgan fingerprint density at radius 1 is 1.00 bits per heavy atom. The van der Waals surface area contributed by atoms with E-state index in [9.17, 15) is 0 Å². The summed E-state index contributed by atoms with van der Waals surface area (Å²) in [5.74, 6) is 5.70. The Kier molecular flexibility index (Phi) is 5.41. The van der Waals surface area contributed by atoms with Crippen molar-refractivity contribution in [1.29, 1.82) is 0 Å². The molecule has 0 unspecified atom stereocenters. The molecule has 4 aliphatic rings. The van der Waals surface area contributed by atoms with Crippen LogP contribution >= 0.6 is 0 Å². The van der Waals surface area contributed by atoms with Crippen molar-refractivity contribution < 1.29 is 0 Å². The molecule has 0 radical (unpaired) electrons. The second-order valence-electron chi connectivity index (χ2n) is 11.7. The minimum Gasteiger partial charge on any atom is -0.0873 e. The first kappa shape index (κ1) is 19.8. The molecule has 2 fully saturated rings. The molecule has 0 nitrogen and oxygen atoms in total. The first-order valence-electron chi connectivity index (χ1n) is 12.2. The van der Waals surface area contributed by atoms with E-state index < -0.39 is 0 Å². The van der Waals surface area contributed by atoms with Gasteiger partial charge >= 0.3 is 0 Å². The fraction of sp³-hybridized carbons (Fsp3) is 0.852. The van der Waals surface area contributed by atoms with Gasteiger partial charge < -0.3 is 0 Å². The van der Waals surface area contributed by atoms with Gasteiger partial charge in [0.2, 0.25) is 0 Å². The van der Waals surface area contributed by atoms with E-state index in [1.54, 1.807) is 5.57 Å². The Morgan fingerprint density at radius 3 is 2.59 bits per heavy atom. The predicted molar refractivity (Wildman–Crippen MR) is 118 cm³/mol. The lowest BCUT2D eigenvalue weighted by Crippen LogP contribution is -2.49.